The third-order valence-electron chi connectivity index (χ3n) is 4.85. The first-order valence-electron chi connectivity index (χ1n) is 10.2. The van der Waals surface area contributed by atoms with Crippen LogP contribution < -0.4 is 9.99 Å². The number of phenols is 1. The van der Waals surface area contributed by atoms with Gasteiger partial charge in [0.1, 0.15) is 11.4 Å². The van der Waals surface area contributed by atoms with E-state index in [0.717, 1.165) is 17.1 Å². The summed E-state index contributed by atoms with van der Waals surface area (Å²) < 4.78 is 1.91. The molecule has 0 aliphatic carbocycles. The highest BCUT2D eigenvalue weighted by molar-refractivity contribution is 7.99. The Morgan fingerprint density at radius 1 is 1.06 bits per heavy atom. The fourth-order valence-corrected chi connectivity index (χ4v) is 4.19. The molecule has 1 heterocycles. The van der Waals surface area contributed by atoms with Crippen molar-refractivity contribution < 1.29 is 14.5 Å². The Bertz CT molecular complexity index is 1340. The second-order valence-corrected chi connectivity index (χ2v) is 9.03. The van der Waals surface area contributed by atoms with Gasteiger partial charge in [-0.3, -0.25) is 4.79 Å². The molecular weight excluding hydrogens is 493 g/mol. The Balaban J connectivity index is 1.54. The van der Waals surface area contributed by atoms with Gasteiger partial charge in [0.05, 0.1) is 22.1 Å². The largest absolute Gasteiger partial charge is 0.507 e. The minimum absolute atomic E-state index is 0.0794. The van der Waals surface area contributed by atoms with Crippen molar-refractivity contribution in [3.8, 4) is 22.8 Å². The summed E-state index contributed by atoms with van der Waals surface area (Å²) in [6.45, 7) is 1.71. The van der Waals surface area contributed by atoms with E-state index in [4.69, 9.17) is 23.2 Å². The number of para-hydroxylation sites is 1. The molecule has 0 saturated heterocycles. The Kier molecular flexibility index (Phi) is 7.52. The van der Waals surface area contributed by atoms with Gasteiger partial charge in [0.15, 0.2) is 0 Å². The van der Waals surface area contributed by atoms with E-state index in [-0.39, 0.29) is 17.4 Å². The molecule has 0 saturated carbocycles. The van der Waals surface area contributed by atoms with Crippen molar-refractivity contribution in [3.63, 3.8) is 0 Å². The number of H-pyrrole nitrogens is 1. The third kappa shape index (κ3) is 5.59. The van der Waals surface area contributed by atoms with Crippen LogP contribution in [-0.4, -0.2) is 32.7 Å². The van der Waals surface area contributed by atoms with Crippen LogP contribution in [0.2, 0.25) is 10.0 Å². The number of nitrogens with one attached hydrogen (secondary N) is 2. The predicted molar refractivity (Wildman–Crippen MR) is 135 cm³/mol. The molecule has 0 bridgehead atoms. The zero-order valence-corrected chi connectivity index (χ0v) is 20.3. The normalized spacial score (nSPS) is 11.4. The maximum absolute atomic E-state index is 12.5. The maximum atomic E-state index is 12.5. The second-order valence-electron chi connectivity index (χ2n) is 7.21. The number of thioether (sulfide) groups is 1. The minimum Gasteiger partial charge on any atom is -0.507 e. The zero-order valence-electron chi connectivity index (χ0n) is 18.0. The van der Waals surface area contributed by atoms with Gasteiger partial charge in [0, 0.05) is 15.6 Å². The summed E-state index contributed by atoms with van der Waals surface area (Å²) in [6.07, 6.45) is 0. The number of hydrogen-bond acceptors (Lipinski definition) is 5. The molecule has 1 amide bonds. The van der Waals surface area contributed by atoms with Gasteiger partial charge in [0.2, 0.25) is 0 Å². The molecule has 172 valence electrons. The molecule has 0 atom stereocenters. The monoisotopic (exact) mass is 512 g/mol. The van der Waals surface area contributed by atoms with Gasteiger partial charge >= 0.3 is 5.16 Å². The minimum atomic E-state index is -0.307. The number of hydrogen-bond donors (Lipinski definition) is 3. The van der Waals surface area contributed by atoms with Gasteiger partial charge in [-0.05, 0) is 79.3 Å². The molecule has 0 spiro atoms. The summed E-state index contributed by atoms with van der Waals surface area (Å²) in [7, 11) is 0. The molecule has 4 aromatic rings. The number of phenolic OH excluding ortho intramolecular Hbond substituents is 1. The molecule has 3 N–H and O–H groups in total. The molecular formula is C24H20Cl2N5O2S+. The molecule has 0 radical (unpaired) electrons. The van der Waals surface area contributed by atoms with Crippen molar-refractivity contribution in [2.24, 2.45) is 5.10 Å². The summed E-state index contributed by atoms with van der Waals surface area (Å²) in [5.74, 6) is 0.604. The maximum Gasteiger partial charge on any atom is 0.342 e. The summed E-state index contributed by atoms with van der Waals surface area (Å²) in [5, 5.41) is 23.4. The number of aromatic hydroxyl groups is 1. The van der Waals surface area contributed by atoms with E-state index in [1.54, 1.807) is 55.5 Å². The SMILES string of the molecule is CC(=NNC(=O)CSc1n[nH]c(-c2ccc(Cl)cc2)[n+]1-c1ccc(Cl)cc1)c1ccccc1O. The number of aromatic nitrogens is 3. The second kappa shape index (κ2) is 10.7. The van der Waals surface area contributed by atoms with E-state index in [2.05, 4.69) is 20.7 Å². The fraction of sp³-hybridized carbons (Fsp3) is 0.0833. The summed E-state index contributed by atoms with van der Waals surface area (Å²) in [4.78, 5) is 12.5. The van der Waals surface area contributed by atoms with Gasteiger partial charge in [0.25, 0.3) is 11.7 Å². The number of aromatic amines is 1. The highest BCUT2D eigenvalue weighted by Crippen LogP contribution is 2.23. The lowest BCUT2D eigenvalue weighted by Gasteiger charge is -2.05. The first kappa shape index (κ1) is 23.8. The Hall–Kier alpha value is -3.33. The van der Waals surface area contributed by atoms with Crippen molar-refractivity contribution >= 4 is 46.6 Å². The standard InChI is InChI=1S/C24H19Cl2N5O2S/c1-15(20-4-2-3-5-21(20)32)27-28-22(33)14-34-24-30-29-23(16-6-8-17(25)9-7-16)31(24)19-12-10-18(26)11-13-19/h2-13H,14H2,1H3,(H2,27,28,32,33)/p+1. The molecule has 3 aromatic carbocycles. The topological polar surface area (TPSA) is 94.2 Å². The molecule has 10 heteroatoms. The number of rotatable bonds is 7. The molecule has 0 unspecified atom stereocenters. The van der Waals surface area contributed by atoms with E-state index in [1.165, 1.54) is 11.8 Å². The number of halogens is 2. The predicted octanol–water partition coefficient (Wildman–Crippen LogP) is 5.00. The number of carbonyl (C=O) groups excluding carboxylic acids is 1. The van der Waals surface area contributed by atoms with Gasteiger partial charge < -0.3 is 5.11 Å². The first-order chi connectivity index (χ1) is 16.4. The number of hydrazone groups is 1. The van der Waals surface area contributed by atoms with Gasteiger partial charge in [-0.1, -0.05) is 35.3 Å². The highest BCUT2D eigenvalue weighted by Gasteiger charge is 2.24. The number of amides is 1. The van der Waals surface area contributed by atoms with Crippen LogP contribution in [0.15, 0.2) is 83.1 Å². The Morgan fingerprint density at radius 3 is 2.38 bits per heavy atom. The van der Waals surface area contributed by atoms with Crippen molar-refractivity contribution in [1.82, 2.24) is 15.6 Å². The van der Waals surface area contributed by atoms with E-state index < -0.39 is 0 Å². The van der Waals surface area contributed by atoms with E-state index in [0.29, 0.717) is 26.5 Å². The first-order valence-corrected chi connectivity index (χ1v) is 11.9. The van der Waals surface area contributed by atoms with Crippen LogP contribution in [0.1, 0.15) is 12.5 Å². The van der Waals surface area contributed by atoms with Crippen molar-refractivity contribution in [2.75, 3.05) is 5.75 Å². The van der Waals surface area contributed by atoms with Crippen LogP contribution in [0.3, 0.4) is 0 Å². The smallest absolute Gasteiger partial charge is 0.342 e. The lowest BCUT2D eigenvalue weighted by atomic mass is 10.1. The average molecular weight is 513 g/mol. The van der Waals surface area contributed by atoms with Crippen LogP contribution in [0.25, 0.3) is 17.1 Å². The van der Waals surface area contributed by atoms with Crippen molar-refractivity contribution in [3.05, 3.63) is 88.4 Å². The number of benzene rings is 3. The van der Waals surface area contributed by atoms with Crippen LogP contribution in [0.4, 0.5) is 0 Å². The molecule has 0 aliphatic rings. The molecule has 1 aromatic heterocycles. The quantitative estimate of drug-likeness (QED) is 0.140. The molecule has 4 rings (SSSR count). The Morgan fingerprint density at radius 2 is 1.71 bits per heavy atom. The van der Waals surface area contributed by atoms with E-state index >= 15 is 0 Å². The lowest BCUT2D eigenvalue weighted by molar-refractivity contribution is -0.625. The summed E-state index contributed by atoms with van der Waals surface area (Å²) in [5.41, 5.74) is 5.29. The third-order valence-corrected chi connectivity index (χ3v) is 6.29. The van der Waals surface area contributed by atoms with Crippen molar-refractivity contribution in [2.45, 2.75) is 12.1 Å². The molecule has 0 aliphatic heterocycles. The van der Waals surface area contributed by atoms with Crippen LogP contribution in [0.5, 0.6) is 5.75 Å². The lowest BCUT2D eigenvalue weighted by Crippen LogP contribution is -2.34. The fourth-order valence-electron chi connectivity index (χ4n) is 3.17. The van der Waals surface area contributed by atoms with E-state index in [9.17, 15) is 9.90 Å². The zero-order chi connectivity index (χ0) is 24.1. The molecule has 34 heavy (non-hydrogen) atoms. The number of carbonyl (C=O) groups is 1. The van der Waals surface area contributed by atoms with Gasteiger partial charge in [-0.2, -0.15) is 9.67 Å². The summed E-state index contributed by atoms with van der Waals surface area (Å²) in [6, 6.07) is 21.5. The van der Waals surface area contributed by atoms with Crippen LogP contribution in [-0.2, 0) is 4.79 Å². The van der Waals surface area contributed by atoms with Gasteiger partial charge in [-0.25, -0.2) is 5.43 Å². The van der Waals surface area contributed by atoms with Gasteiger partial charge in [-0.15, -0.1) is 5.10 Å². The van der Waals surface area contributed by atoms with Crippen LogP contribution >= 0.6 is 35.0 Å². The average Bonchev–Trinajstić information content (AvgIpc) is 3.26. The molecule has 0 fully saturated rings. The van der Waals surface area contributed by atoms with E-state index in [1.807, 2.05) is 28.8 Å². The molecule has 7 nitrogen and oxygen atoms in total. The number of nitrogens with zero attached hydrogens (tertiary/aromatic N) is 3. The van der Waals surface area contributed by atoms with Crippen LogP contribution in [0, 0.1) is 0 Å². The Labute approximate surface area is 210 Å². The highest BCUT2D eigenvalue weighted by atomic mass is 35.5. The summed E-state index contributed by atoms with van der Waals surface area (Å²) >= 11 is 13.4. The van der Waals surface area contributed by atoms with Crippen molar-refractivity contribution in [1.29, 1.82) is 0 Å².